The monoisotopic (exact) mass is 414 g/mol. The van der Waals surface area contributed by atoms with Crippen LogP contribution in [0.2, 0.25) is 0 Å². The van der Waals surface area contributed by atoms with Crippen molar-refractivity contribution in [1.82, 2.24) is 15.1 Å². The largest absolute Gasteiger partial charge is 0.339 e. The zero-order valence-electron chi connectivity index (χ0n) is 17.2. The molecule has 1 aliphatic rings. The first kappa shape index (κ1) is 21.5. The summed E-state index contributed by atoms with van der Waals surface area (Å²) < 4.78 is 0. The van der Waals surface area contributed by atoms with E-state index in [-0.39, 0.29) is 17.9 Å². The number of hydrogen-bond donors (Lipinski definition) is 2. The molecule has 29 heavy (non-hydrogen) atoms. The highest BCUT2D eigenvalue weighted by Gasteiger charge is 2.23. The molecule has 2 amide bonds. The summed E-state index contributed by atoms with van der Waals surface area (Å²) in [4.78, 5) is 30.1. The van der Waals surface area contributed by atoms with Crippen LogP contribution in [0.3, 0.4) is 0 Å². The zero-order chi connectivity index (χ0) is 20.6. The van der Waals surface area contributed by atoms with Gasteiger partial charge in [0.25, 0.3) is 0 Å². The van der Waals surface area contributed by atoms with Crippen molar-refractivity contribution >= 4 is 28.8 Å². The second-order valence-electron chi connectivity index (χ2n) is 7.33. The molecule has 0 radical (unpaired) electrons. The third kappa shape index (κ3) is 6.13. The lowest BCUT2D eigenvalue weighted by Gasteiger charge is -2.34. The van der Waals surface area contributed by atoms with E-state index in [0.29, 0.717) is 26.2 Å². The molecule has 1 aliphatic heterocycles. The van der Waals surface area contributed by atoms with E-state index in [1.54, 1.807) is 11.3 Å². The van der Waals surface area contributed by atoms with Crippen LogP contribution in [-0.4, -0.2) is 60.9 Å². The lowest BCUT2D eigenvalue weighted by Crippen LogP contribution is -2.52. The van der Waals surface area contributed by atoms with Gasteiger partial charge >= 0.3 is 0 Å². The van der Waals surface area contributed by atoms with Crippen molar-refractivity contribution in [3.8, 4) is 0 Å². The highest BCUT2D eigenvalue weighted by molar-refractivity contribution is 7.10. The Balaban J connectivity index is 1.39. The van der Waals surface area contributed by atoms with Gasteiger partial charge in [-0.15, -0.1) is 11.3 Å². The average Bonchev–Trinajstić information content (AvgIpc) is 3.27. The molecule has 2 N–H and O–H groups in total. The fourth-order valence-corrected chi connectivity index (χ4v) is 4.25. The van der Waals surface area contributed by atoms with E-state index in [0.717, 1.165) is 30.8 Å². The number of piperazine rings is 1. The summed E-state index contributed by atoms with van der Waals surface area (Å²) in [5.41, 5.74) is 2.03. The van der Waals surface area contributed by atoms with Gasteiger partial charge in [-0.25, -0.2) is 0 Å². The predicted molar refractivity (Wildman–Crippen MR) is 118 cm³/mol. The van der Waals surface area contributed by atoms with Gasteiger partial charge in [-0.2, -0.15) is 0 Å². The van der Waals surface area contributed by atoms with Crippen LogP contribution in [0.15, 0.2) is 41.8 Å². The number of rotatable bonds is 8. The summed E-state index contributed by atoms with van der Waals surface area (Å²) >= 11 is 1.69. The number of nitrogens with one attached hydrogen (secondary N) is 2. The molecule has 1 fully saturated rings. The molecule has 156 valence electrons. The summed E-state index contributed by atoms with van der Waals surface area (Å²) in [5.74, 6) is 0.117. The second kappa shape index (κ2) is 10.5. The normalized spacial score (nSPS) is 15.9. The van der Waals surface area contributed by atoms with Gasteiger partial charge in [-0.3, -0.25) is 14.5 Å². The Morgan fingerprint density at radius 2 is 1.86 bits per heavy atom. The molecule has 2 heterocycles. The second-order valence-corrected chi connectivity index (χ2v) is 8.31. The Kier molecular flexibility index (Phi) is 7.80. The molecule has 1 saturated heterocycles. The number of carbonyl (C=O) groups is 2. The Morgan fingerprint density at radius 1 is 1.10 bits per heavy atom. The number of thiophene rings is 1. The summed E-state index contributed by atoms with van der Waals surface area (Å²) in [5, 5.41) is 8.37. The molecule has 1 aromatic carbocycles. The Hall–Kier alpha value is -2.22. The smallest absolute Gasteiger partial charge is 0.238 e. The van der Waals surface area contributed by atoms with Gasteiger partial charge in [0.1, 0.15) is 0 Å². The fourth-order valence-electron chi connectivity index (χ4n) is 3.49. The molecule has 2 aromatic rings. The first-order chi connectivity index (χ1) is 14.1. The first-order valence-electron chi connectivity index (χ1n) is 10.2. The molecule has 7 heteroatoms. The number of hydrogen-bond acceptors (Lipinski definition) is 5. The van der Waals surface area contributed by atoms with Crippen molar-refractivity contribution in [2.75, 3.05) is 44.6 Å². The van der Waals surface area contributed by atoms with Crippen LogP contribution in [0.5, 0.6) is 0 Å². The molecule has 0 spiro atoms. The van der Waals surface area contributed by atoms with E-state index in [1.807, 2.05) is 40.6 Å². The van der Waals surface area contributed by atoms with Crippen molar-refractivity contribution in [3.63, 3.8) is 0 Å². The molecule has 1 unspecified atom stereocenters. The third-order valence-corrected chi connectivity index (χ3v) is 6.35. The summed E-state index contributed by atoms with van der Waals surface area (Å²) in [6.07, 6.45) is 0.885. The van der Waals surface area contributed by atoms with Gasteiger partial charge in [-0.05, 0) is 36.4 Å². The Labute approximate surface area is 176 Å². The van der Waals surface area contributed by atoms with Crippen molar-refractivity contribution in [1.29, 1.82) is 0 Å². The van der Waals surface area contributed by atoms with E-state index < -0.39 is 0 Å². The van der Waals surface area contributed by atoms with Crippen LogP contribution in [-0.2, 0) is 16.0 Å². The van der Waals surface area contributed by atoms with Crippen LogP contribution in [0.1, 0.15) is 30.3 Å². The lowest BCUT2D eigenvalue weighted by atomic mass is 10.1. The maximum atomic E-state index is 12.5. The van der Waals surface area contributed by atoms with Crippen molar-refractivity contribution in [3.05, 3.63) is 52.2 Å². The zero-order valence-corrected chi connectivity index (χ0v) is 18.0. The van der Waals surface area contributed by atoms with E-state index in [4.69, 9.17) is 0 Å². The topological polar surface area (TPSA) is 64.7 Å². The number of aryl methyl sites for hydroxylation is 1. The first-order valence-corrected chi connectivity index (χ1v) is 11.1. The van der Waals surface area contributed by atoms with Crippen LogP contribution in [0.25, 0.3) is 0 Å². The standard InChI is InChI=1S/C22H30N4O2S/c1-3-18-7-4-5-8-19(18)24-21(27)16-25-10-12-26(13-11-25)22(28)15-23-17(2)20-9-6-14-29-20/h4-9,14,17,23H,3,10-13,15-16H2,1-2H3,(H,24,27). The number of para-hydroxylation sites is 1. The van der Waals surface area contributed by atoms with E-state index in [1.165, 1.54) is 4.88 Å². The minimum absolute atomic E-state index is 0.00267. The molecule has 0 saturated carbocycles. The van der Waals surface area contributed by atoms with Crippen molar-refractivity contribution in [2.45, 2.75) is 26.3 Å². The van der Waals surface area contributed by atoms with Gasteiger partial charge in [0.15, 0.2) is 0 Å². The predicted octanol–water partition coefficient (Wildman–Crippen LogP) is 2.74. The molecular weight excluding hydrogens is 384 g/mol. The van der Waals surface area contributed by atoms with Gasteiger partial charge in [-0.1, -0.05) is 31.2 Å². The average molecular weight is 415 g/mol. The Bertz CT molecular complexity index is 801. The molecule has 3 rings (SSSR count). The highest BCUT2D eigenvalue weighted by Crippen LogP contribution is 2.18. The number of carbonyl (C=O) groups excluding carboxylic acids is 2. The van der Waals surface area contributed by atoms with Gasteiger partial charge in [0.2, 0.25) is 11.8 Å². The molecule has 0 bridgehead atoms. The van der Waals surface area contributed by atoms with Crippen molar-refractivity contribution < 1.29 is 9.59 Å². The molecule has 6 nitrogen and oxygen atoms in total. The van der Waals surface area contributed by atoms with E-state index in [9.17, 15) is 9.59 Å². The Morgan fingerprint density at radius 3 is 2.55 bits per heavy atom. The molecule has 1 atom stereocenters. The minimum Gasteiger partial charge on any atom is -0.339 e. The van der Waals surface area contributed by atoms with Crippen LogP contribution < -0.4 is 10.6 Å². The van der Waals surface area contributed by atoms with Crippen LogP contribution in [0, 0.1) is 0 Å². The maximum Gasteiger partial charge on any atom is 0.238 e. The number of nitrogens with zero attached hydrogens (tertiary/aromatic N) is 2. The summed E-state index contributed by atoms with van der Waals surface area (Å²) in [7, 11) is 0. The summed E-state index contributed by atoms with van der Waals surface area (Å²) in [6.45, 7) is 7.61. The number of benzene rings is 1. The van der Waals surface area contributed by atoms with Crippen LogP contribution in [0.4, 0.5) is 5.69 Å². The lowest BCUT2D eigenvalue weighted by molar-refractivity contribution is -0.132. The quantitative estimate of drug-likeness (QED) is 0.697. The van der Waals surface area contributed by atoms with Crippen LogP contribution >= 0.6 is 11.3 Å². The molecular formula is C22H30N4O2S. The minimum atomic E-state index is -0.00267. The third-order valence-electron chi connectivity index (χ3n) is 5.29. The molecule has 0 aliphatic carbocycles. The number of amides is 2. The van der Waals surface area contributed by atoms with E-state index in [2.05, 4.69) is 35.4 Å². The maximum absolute atomic E-state index is 12.5. The van der Waals surface area contributed by atoms with Gasteiger partial charge in [0, 0.05) is 42.8 Å². The van der Waals surface area contributed by atoms with Gasteiger partial charge in [0.05, 0.1) is 13.1 Å². The fraction of sp³-hybridized carbons (Fsp3) is 0.455. The van der Waals surface area contributed by atoms with Crippen molar-refractivity contribution in [2.24, 2.45) is 0 Å². The number of anilines is 1. The molecule has 1 aromatic heterocycles. The SMILES string of the molecule is CCc1ccccc1NC(=O)CN1CCN(C(=O)CNC(C)c2cccs2)CC1. The van der Waals surface area contributed by atoms with E-state index >= 15 is 0 Å². The van der Waals surface area contributed by atoms with Gasteiger partial charge < -0.3 is 15.5 Å². The summed E-state index contributed by atoms with van der Waals surface area (Å²) in [6, 6.07) is 12.2. The highest BCUT2D eigenvalue weighted by atomic mass is 32.1.